The molecule has 3 aromatic carbocycles. The Morgan fingerprint density at radius 1 is 0.941 bits per heavy atom. The van der Waals surface area contributed by atoms with Crippen LogP contribution in [-0.2, 0) is 22.6 Å². The zero-order chi connectivity index (χ0) is 24.5. The van der Waals surface area contributed by atoms with Gasteiger partial charge in [0.05, 0.1) is 0 Å². The predicted octanol–water partition coefficient (Wildman–Crippen LogP) is 5.19. The summed E-state index contributed by atoms with van der Waals surface area (Å²) in [7, 11) is 0. The van der Waals surface area contributed by atoms with Gasteiger partial charge in [-0.25, -0.2) is 0 Å². The number of rotatable bonds is 10. The van der Waals surface area contributed by atoms with Crippen LogP contribution in [0, 0.1) is 6.92 Å². The molecule has 6 heteroatoms. The van der Waals surface area contributed by atoms with Crippen molar-refractivity contribution < 1.29 is 14.3 Å². The minimum absolute atomic E-state index is 0.0495. The van der Waals surface area contributed by atoms with Gasteiger partial charge in [-0.05, 0) is 61.7 Å². The van der Waals surface area contributed by atoms with Crippen molar-refractivity contribution in [1.29, 1.82) is 0 Å². The van der Waals surface area contributed by atoms with Crippen molar-refractivity contribution in [2.45, 2.75) is 45.8 Å². The van der Waals surface area contributed by atoms with E-state index in [0.717, 1.165) is 16.7 Å². The van der Waals surface area contributed by atoms with Gasteiger partial charge in [0, 0.05) is 24.0 Å². The minimum Gasteiger partial charge on any atom is -0.484 e. The van der Waals surface area contributed by atoms with Crippen LogP contribution in [0.4, 0.5) is 0 Å². The first-order valence-electron chi connectivity index (χ1n) is 11.4. The Labute approximate surface area is 206 Å². The second kappa shape index (κ2) is 12.2. The molecule has 0 aliphatic carbocycles. The molecule has 3 rings (SSSR count). The maximum Gasteiger partial charge on any atom is 0.261 e. The van der Waals surface area contributed by atoms with E-state index in [9.17, 15) is 9.59 Å². The first kappa shape index (κ1) is 25.3. The van der Waals surface area contributed by atoms with Gasteiger partial charge in [-0.3, -0.25) is 9.59 Å². The van der Waals surface area contributed by atoms with Gasteiger partial charge in [-0.1, -0.05) is 66.2 Å². The van der Waals surface area contributed by atoms with E-state index in [-0.39, 0.29) is 24.5 Å². The average molecular weight is 479 g/mol. The highest BCUT2D eigenvalue weighted by atomic mass is 35.5. The summed E-state index contributed by atoms with van der Waals surface area (Å²) in [5.74, 6) is 0.0881. The predicted molar refractivity (Wildman–Crippen MR) is 136 cm³/mol. The van der Waals surface area contributed by atoms with E-state index in [2.05, 4.69) is 5.32 Å². The molecule has 0 heterocycles. The van der Waals surface area contributed by atoms with Gasteiger partial charge < -0.3 is 15.0 Å². The van der Waals surface area contributed by atoms with E-state index in [0.29, 0.717) is 23.7 Å². The van der Waals surface area contributed by atoms with E-state index < -0.39 is 6.04 Å². The molecule has 0 saturated carbocycles. The zero-order valence-corrected chi connectivity index (χ0v) is 20.6. The molecule has 0 aliphatic rings. The lowest BCUT2D eigenvalue weighted by Crippen LogP contribution is -2.52. The fourth-order valence-electron chi connectivity index (χ4n) is 3.66. The number of hydrogen-bond donors (Lipinski definition) is 1. The molecule has 5 nitrogen and oxygen atoms in total. The van der Waals surface area contributed by atoms with Gasteiger partial charge in [0.25, 0.3) is 5.91 Å². The summed E-state index contributed by atoms with van der Waals surface area (Å²) in [4.78, 5) is 28.5. The zero-order valence-electron chi connectivity index (χ0n) is 19.8. The summed E-state index contributed by atoms with van der Waals surface area (Å²) >= 11 is 5.95. The van der Waals surface area contributed by atoms with Crippen LogP contribution in [-0.4, -0.2) is 35.4 Å². The minimum atomic E-state index is -0.689. The lowest BCUT2D eigenvalue weighted by atomic mass is 10.0. The largest absolute Gasteiger partial charge is 0.484 e. The second-order valence-electron chi connectivity index (χ2n) is 8.56. The normalized spacial score (nSPS) is 11.7. The van der Waals surface area contributed by atoms with Gasteiger partial charge in [0.1, 0.15) is 11.8 Å². The van der Waals surface area contributed by atoms with Crippen molar-refractivity contribution in [2.75, 3.05) is 6.61 Å². The summed E-state index contributed by atoms with van der Waals surface area (Å²) in [5, 5.41) is 3.58. The highest BCUT2D eigenvalue weighted by molar-refractivity contribution is 6.30. The van der Waals surface area contributed by atoms with Crippen molar-refractivity contribution in [3.8, 4) is 5.75 Å². The van der Waals surface area contributed by atoms with Crippen molar-refractivity contribution in [3.05, 3.63) is 101 Å². The molecular formula is C28H31ClN2O3. The quantitative estimate of drug-likeness (QED) is 0.436. The van der Waals surface area contributed by atoms with Gasteiger partial charge >= 0.3 is 0 Å². The van der Waals surface area contributed by atoms with E-state index in [1.54, 1.807) is 29.2 Å². The number of carbonyl (C=O) groups excluding carboxylic acids is 2. The van der Waals surface area contributed by atoms with E-state index >= 15 is 0 Å². The van der Waals surface area contributed by atoms with E-state index in [4.69, 9.17) is 16.3 Å². The molecule has 0 radical (unpaired) electrons. The summed E-state index contributed by atoms with van der Waals surface area (Å²) in [6, 6.07) is 23.7. The topological polar surface area (TPSA) is 58.6 Å². The number of aryl methyl sites for hydroxylation is 1. The number of nitrogens with one attached hydrogen (secondary N) is 1. The summed E-state index contributed by atoms with van der Waals surface area (Å²) in [5.41, 5.74) is 3.02. The second-order valence-corrected chi connectivity index (χ2v) is 9.00. The first-order chi connectivity index (χ1) is 16.3. The standard InChI is InChI=1S/C28H31ClN2O3/c1-20(2)30-28(33)26(17-22-10-5-4-6-11-22)31(18-23-12-8-7-9-21(23)3)27(32)19-34-25-15-13-24(29)14-16-25/h4-16,20,26H,17-19H2,1-3H3,(H,30,33). The molecule has 1 unspecified atom stereocenters. The molecule has 2 amide bonds. The molecule has 1 atom stereocenters. The third kappa shape index (κ3) is 7.35. The lowest BCUT2D eigenvalue weighted by molar-refractivity contribution is -0.143. The monoisotopic (exact) mass is 478 g/mol. The number of amides is 2. The molecule has 3 aromatic rings. The SMILES string of the molecule is Cc1ccccc1CN(C(=O)COc1ccc(Cl)cc1)C(Cc1ccccc1)C(=O)NC(C)C. The van der Waals surface area contributed by atoms with Crippen LogP contribution in [0.5, 0.6) is 5.75 Å². The summed E-state index contributed by atoms with van der Waals surface area (Å²) in [6.07, 6.45) is 0.401. The summed E-state index contributed by atoms with van der Waals surface area (Å²) < 4.78 is 5.75. The molecule has 0 spiro atoms. The van der Waals surface area contributed by atoms with Crippen LogP contribution < -0.4 is 10.1 Å². The molecule has 0 saturated heterocycles. The van der Waals surface area contributed by atoms with Crippen LogP contribution in [0.3, 0.4) is 0 Å². The van der Waals surface area contributed by atoms with Crippen LogP contribution in [0.1, 0.15) is 30.5 Å². The number of halogens is 1. The highest BCUT2D eigenvalue weighted by Gasteiger charge is 2.31. The fraction of sp³-hybridized carbons (Fsp3) is 0.286. The summed E-state index contributed by atoms with van der Waals surface area (Å²) in [6.45, 7) is 5.94. The first-order valence-corrected chi connectivity index (χ1v) is 11.8. The molecular weight excluding hydrogens is 448 g/mol. The van der Waals surface area contributed by atoms with Crippen molar-refractivity contribution in [2.24, 2.45) is 0 Å². The maximum absolute atomic E-state index is 13.5. The molecule has 0 fully saturated rings. The Morgan fingerprint density at radius 3 is 2.24 bits per heavy atom. The Kier molecular flexibility index (Phi) is 9.11. The van der Waals surface area contributed by atoms with Crippen LogP contribution in [0.2, 0.25) is 5.02 Å². The van der Waals surface area contributed by atoms with Crippen LogP contribution >= 0.6 is 11.6 Å². The molecule has 0 aliphatic heterocycles. The Morgan fingerprint density at radius 2 is 1.59 bits per heavy atom. The van der Waals surface area contributed by atoms with Crippen molar-refractivity contribution in [3.63, 3.8) is 0 Å². The van der Waals surface area contributed by atoms with Gasteiger partial charge in [0.2, 0.25) is 5.91 Å². The molecule has 0 aromatic heterocycles. The third-order valence-corrected chi connectivity index (χ3v) is 5.73. The van der Waals surface area contributed by atoms with E-state index in [1.807, 2.05) is 75.4 Å². The van der Waals surface area contributed by atoms with Crippen molar-refractivity contribution >= 4 is 23.4 Å². The molecule has 0 bridgehead atoms. The van der Waals surface area contributed by atoms with E-state index in [1.165, 1.54) is 0 Å². The molecule has 1 N–H and O–H groups in total. The van der Waals surface area contributed by atoms with Gasteiger partial charge in [-0.2, -0.15) is 0 Å². The number of benzene rings is 3. The fourth-order valence-corrected chi connectivity index (χ4v) is 3.79. The van der Waals surface area contributed by atoms with Crippen molar-refractivity contribution in [1.82, 2.24) is 10.2 Å². The number of ether oxygens (including phenoxy) is 1. The Bertz CT molecular complexity index is 1080. The van der Waals surface area contributed by atoms with Gasteiger partial charge in [0.15, 0.2) is 6.61 Å². The van der Waals surface area contributed by atoms with Gasteiger partial charge in [-0.15, -0.1) is 0 Å². The molecule has 178 valence electrons. The molecule has 34 heavy (non-hydrogen) atoms. The average Bonchev–Trinajstić information content (AvgIpc) is 2.82. The highest BCUT2D eigenvalue weighted by Crippen LogP contribution is 2.19. The third-order valence-electron chi connectivity index (χ3n) is 5.48. The Balaban J connectivity index is 1.91. The van der Waals surface area contributed by atoms with Crippen LogP contribution in [0.15, 0.2) is 78.9 Å². The Hall–Kier alpha value is -3.31. The number of carbonyl (C=O) groups is 2. The number of hydrogen-bond acceptors (Lipinski definition) is 3. The maximum atomic E-state index is 13.5. The smallest absolute Gasteiger partial charge is 0.261 e. The number of nitrogens with zero attached hydrogens (tertiary/aromatic N) is 1. The lowest BCUT2D eigenvalue weighted by Gasteiger charge is -2.32. The van der Waals surface area contributed by atoms with Crippen LogP contribution in [0.25, 0.3) is 0 Å².